The zero-order chi connectivity index (χ0) is 29.4. The molecule has 0 saturated heterocycles. The van der Waals surface area contributed by atoms with Crippen molar-refractivity contribution in [2.24, 2.45) is 0 Å². The standard InChI is InChI=1S/C30H29ClFN7O2/c1-6-41-27-21(13-22(31)16(2)24(27)19-10-11-23(34-14-19)30(40)38(4)5)17(3)39-29-25(28(33)35-15-36-29)26(37-39)18-8-7-9-20(32)12-18/h7-15,17H,6H2,1-5H3,(H2,33,35,36). The third-order valence-corrected chi connectivity index (χ3v) is 7.30. The Morgan fingerprint density at radius 2 is 1.93 bits per heavy atom. The summed E-state index contributed by atoms with van der Waals surface area (Å²) in [4.78, 5) is 26.9. The van der Waals surface area contributed by atoms with Gasteiger partial charge in [-0.2, -0.15) is 5.10 Å². The highest BCUT2D eigenvalue weighted by Crippen LogP contribution is 2.44. The van der Waals surface area contributed by atoms with E-state index in [4.69, 9.17) is 27.2 Å². The molecule has 0 aliphatic heterocycles. The van der Waals surface area contributed by atoms with Crippen molar-refractivity contribution in [3.63, 3.8) is 0 Å². The molecule has 0 aliphatic rings. The van der Waals surface area contributed by atoms with E-state index in [1.54, 1.807) is 43.2 Å². The molecule has 3 aromatic heterocycles. The van der Waals surface area contributed by atoms with E-state index in [0.717, 1.165) is 22.3 Å². The van der Waals surface area contributed by atoms with Crippen molar-refractivity contribution in [2.45, 2.75) is 26.8 Å². The second-order valence-corrected chi connectivity index (χ2v) is 10.2. The zero-order valence-electron chi connectivity index (χ0n) is 23.3. The highest BCUT2D eigenvalue weighted by molar-refractivity contribution is 6.32. The third kappa shape index (κ3) is 5.06. The lowest BCUT2D eigenvalue weighted by Crippen LogP contribution is -2.22. The molecular weight excluding hydrogens is 545 g/mol. The predicted molar refractivity (Wildman–Crippen MR) is 158 cm³/mol. The van der Waals surface area contributed by atoms with Gasteiger partial charge in [0.25, 0.3) is 5.91 Å². The van der Waals surface area contributed by atoms with Crippen LogP contribution in [0.4, 0.5) is 10.2 Å². The normalized spacial score (nSPS) is 12.0. The monoisotopic (exact) mass is 573 g/mol. The molecule has 0 spiro atoms. The maximum atomic E-state index is 14.2. The van der Waals surface area contributed by atoms with Crippen LogP contribution in [0.1, 0.15) is 41.5 Å². The Hall–Kier alpha value is -4.57. The first kappa shape index (κ1) is 28.0. The lowest BCUT2D eigenvalue weighted by atomic mass is 9.94. The fourth-order valence-corrected chi connectivity index (χ4v) is 5.05. The average Bonchev–Trinajstić information content (AvgIpc) is 3.35. The maximum Gasteiger partial charge on any atom is 0.271 e. The fraction of sp³-hybridized carbons (Fsp3) is 0.233. The number of fused-ring (bicyclic) bond motifs is 1. The van der Waals surface area contributed by atoms with Gasteiger partial charge >= 0.3 is 0 Å². The summed E-state index contributed by atoms with van der Waals surface area (Å²) in [7, 11) is 3.36. The van der Waals surface area contributed by atoms with Gasteiger partial charge in [0.1, 0.15) is 35.1 Å². The lowest BCUT2D eigenvalue weighted by Gasteiger charge is -2.23. The van der Waals surface area contributed by atoms with Crippen LogP contribution in [0, 0.1) is 12.7 Å². The number of nitrogens with zero attached hydrogens (tertiary/aromatic N) is 6. The summed E-state index contributed by atoms with van der Waals surface area (Å²) in [5, 5.41) is 5.90. The Labute approximate surface area is 241 Å². The van der Waals surface area contributed by atoms with Crippen LogP contribution in [0.5, 0.6) is 5.75 Å². The molecule has 11 heteroatoms. The van der Waals surface area contributed by atoms with Crippen molar-refractivity contribution in [3.05, 3.63) is 82.6 Å². The first-order valence-electron chi connectivity index (χ1n) is 13.0. The second kappa shape index (κ2) is 11.1. The van der Waals surface area contributed by atoms with Gasteiger partial charge in [-0.05, 0) is 50.6 Å². The van der Waals surface area contributed by atoms with Crippen molar-refractivity contribution in [1.82, 2.24) is 29.6 Å². The number of carbonyl (C=O) groups is 1. The number of pyridine rings is 1. The Bertz CT molecular complexity index is 1770. The van der Waals surface area contributed by atoms with Gasteiger partial charge in [-0.25, -0.2) is 19.0 Å². The van der Waals surface area contributed by atoms with Gasteiger partial charge in [-0.1, -0.05) is 29.8 Å². The zero-order valence-corrected chi connectivity index (χ0v) is 24.1. The average molecular weight is 574 g/mol. The number of ether oxygens (including phenoxy) is 1. The number of anilines is 1. The molecule has 0 radical (unpaired) electrons. The molecule has 1 amide bonds. The number of benzene rings is 2. The summed E-state index contributed by atoms with van der Waals surface area (Å²) in [6, 6.07) is 11.1. The van der Waals surface area contributed by atoms with E-state index in [9.17, 15) is 9.18 Å². The number of rotatable bonds is 7. The van der Waals surface area contributed by atoms with E-state index in [1.807, 2.05) is 32.9 Å². The molecule has 3 heterocycles. The van der Waals surface area contributed by atoms with E-state index >= 15 is 0 Å². The van der Waals surface area contributed by atoms with Gasteiger partial charge in [0.2, 0.25) is 0 Å². The summed E-state index contributed by atoms with van der Waals surface area (Å²) in [6.45, 7) is 6.15. The van der Waals surface area contributed by atoms with Crippen LogP contribution < -0.4 is 10.5 Å². The lowest BCUT2D eigenvalue weighted by molar-refractivity contribution is 0.0822. The molecular formula is C30H29ClFN7O2. The number of hydrogen-bond donors (Lipinski definition) is 1. The number of amides is 1. The number of nitrogen functional groups attached to an aromatic ring is 1. The van der Waals surface area contributed by atoms with Crippen LogP contribution in [0.3, 0.4) is 0 Å². The summed E-state index contributed by atoms with van der Waals surface area (Å²) in [5.74, 6) is 0.251. The molecule has 2 N–H and O–H groups in total. The summed E-state index contributed by atoms with van der Waals surface area (Å²) < 4.78 is 22.1. The van der Waals surface area contributed by atoms with Crippen LogP contribution in [-0.2, 0) is 0 Å². The van der Waals surface area contributed by atoms with Crippen molar-refractivity contribution in [2.75, 3.05) is 26.4 Å². The first-order chi connectivity index (χ1) is 19.6. The Balaban J connectivity index is 1.71. The van der Waals surface area contributed by atoms with E-state index < -0.39 is 11.9 Å². The SMILES string of the molecule is CCOc1c(C(C)n2nc(-c3cccc(F)c3)c3c(N)ncnc32)cc(Cl)c(C)c1-c1ccc(C(=O)N(C)C)nc1. The first-order valence-corrected chi connectivity index (χ1v) is 13.4. The molecule has 0 fully saturated rings. The third-order valence-electron chi connectivity index (χ3n) is 6.90. The van der Waals surface area contributed by atoms with E-state index in [0.29, 0.717) is 45.4 Å². The van der Waals surface area contributed by atoms with Gasteiger partial charge in [-0.15, -0.1) is 0 Å². The van der Waals surface area contributed by atoms with Crippen molar-refractivity contribution in [3.8, 4) is 28.1 Å². The van der Waals surface area contributed by atoms with Gasteiger partial charge in [0.15, 0.2) is 5.65 Å². The van der Waals surface area contributed by atoms with Gasteiger partial charge in [0.05, 0.1) is 18.0 Å². The van der Waals surface area contributed by atoms with Gasteiger partial charge in [-0.3, -0.25) is 9.78 Å². The molecule has 0 bridgehead atoms. The topological polar surface area (TPSA) is 112 Å². The molecule has 9 nitrogen and oxygen atoms in total. The van der Waals surface area contributed by atoms with E-state index in [1.165, 1.54) is 23.4 Å². The smallest absolute Gasteiger partial charge is 0.271 e. The molecule has 0 aliphatic carbocycles. The number of aromatic nitrogens is 5. The number of hydrogen-bond acceptors (Lipinski definition) is 7. The minimum absolute atomic E-state index is 0.195. The van der Waals surface area contributed by atoms with E-state index in [2.05, 4.69) is 15.0 Å². The Morgan fingerprint density at radius 1 is 1.15 bits per heavy atom. The van der Waals surface area contributed by atoms with Crippen molar-refractivity contribution in [1.29, 1.82) is 0 Å². The van der Waals surface area contributed by atoms with Crippen LogP contribution in [0.15, 0.2) is 55.0 Å². The summed E-state index contributed by atoms with van der Waals surface area (Å²) in [5.41, 5.74) is 11.2. The van der Waals surface area contributed by atoms with Crippen molar-refractivity contribution >= 4 is 34.4 Å². The number of nitrogens with two attached hydrogens (primary N) is 1. The molecule has 41 heavy (non-hydrogen) atoms. The fourth-order valence-electron chi connectivity index (χ4n) is 4.83. The van der Waals surface area contributed by atoms with Crippen molar-refractivity contribution < 1.29 is 13.9 Å². The quantitative estimate of drug-likeness (QED) is 0.256. The molecule has 1 unspecified atom stereocenters. The summed E-state index contributed by atoms with van der Waals surface area (Å²) >= 11 is 6.80. The van der Waals surface area contributed by atoms with Crippen LogP contribution in [-0.4, -0.2) is 56.2 Å². The molecule has 0 saturated carbocycles. The molecule has 5 aromatic rings. The minimum atomic E-state index is -0.435. The minimum Gasteiger partial charge on any atom is -0.493 e. The van der Waals surface area contributed by atoms with E-state index in [-0.39, 0.29) is 11.7 Å². The van der Waals surface area contributed by atoms with Gasteiger partial charge in [0, 0.05) is 47.6 Å². The molecule has 1 atom stereocenters. The van der Waals surface area contributed by atoms with Crippen LogP contribution in [0.25, 0.3) is 33.4 Å². The highest BCUT2D eigenvalue weighted by Gasteiger charge is 2.27. The Kier molecular flexibility index (Phi) is 7.59. The highest BCUT2D eigenvalue weighted by atomic mass is 35.5. The predicted octanol–water partition coefficient (Wildman–Crippen LogP) is 5.95. The molecule has 210 valence electrons. The second-order valence-electron chi connectivity index (χ2n) is 9.78. The van der Waals surface area contributed by atoms with Gasteiger partial charge < -0.3 is 15.4 Å². The summed E-state index contributed by atoms with van der Waals surface area (Å²) in [6.07, 6.45) is 3.02. The van der Waals surface area contributed by atoms with Crippen LogP contribution in [0.2, 0.25) is 5.02 Å². The number of carbonyl (C=O) groups excluding carboxylic acids is 1. The Morgan fingerprint density at radius 3 is 2.59 bits per heavy atom. The molecule has 5 rings (SSSR count). The number of halogens is 2. The maximum absolute atomic E-state index is 14.2. The molecule has 2 aromatic carbocycles. The largest absolute Gasteiger partial charge is 0.493 e. The van der Waals surface area contributed by atoms with Crippen LogP contribution >= 0.6 is 11.6 Å².